The molecule has 0 amide bonds. The van der Waals surface area contributed by atoms with Crippen LogP contribution in [0.1, 0.15) is 12.8 Å². The van der Waals surface area contributed by atoms with Crippen molar-refractivity contribution < 1.29 is 42.4 Å². The van der Waals surface area contributed by atoms with Crippen LogP contribution in [0.25, 0.3) is 0 Å². The maximum atomic E-state index is 10.8. The van der Waals surface area contributed by atoms with Gasteiger partial charge in [0.05, 0.1) is 13.2 Å². The number of cyclic esters (lactones) is 4. The summed E-state index contributed by atoms with van der Waals surface area (Å²) in [6, 6.07) is 0.990. The van der Waals surface area contributed by atoms with Gasteiger partial charge in [0.25, 0.3) is 0 Å². The Morgan fingerprint density at radius 2 is 1.42 bits per heavy atom. The van der Waals surface area contributed by atoms with E-state index in [0.717, 1.165) is 18.9 Å². The average molecular weight is 392 g/mol. The molecule has 0 aromatic rings. The monoisotopic (exact) mass is 392 g/mol. The van der Waals surface area contributed by atoms with Crippen LogP contribution in [-0.4, -0.2) is 79.1 Å². The van der Waals surface area contributed by atoms with Crippen molar-refractivity contribution in [3.63, 3.8) is 0 Å². The Morgan fingerprint density at radius 1 is 0.885 bits per heavy atom. The van der Waals surface area contributed by atoms with E-state index in [-0.39, 0.29) is 25.4 Å². The smallest absolute Gasteiger partial charge is 0.430 e. The molecule has 0 bridgehead atoms. The van der Waals surface area contributed by atoms with Crippen LogP contribution in [0.15, 0.2) is 0 Å². The number of ether oxygens (including phenoxy) is 6. The van der Waals surface area contributed by atoms with E-state index in [1.807, 2.05) is 0 Å². The van der Waals surface area contributed by atoms with Crippen LogP contribution in [0.3, 0.4) is 0 Å². The molecule has 0 aliphatic carbocycles. The van der Waals surface area contributed by atoms with Crippen molar-refractivity contribution in [1.29, 1.82) is 0 Å². The van der Waals surface area contributed by atoms with Crippen LogP contribution in [0.4, 0.5) is 9.59 Å². The van der Waals surface area contributed by atoms with Gasteiger partial charge in [-0.2, -0.15) is 0 Å². The zero-order valence-corrected chi connectivity index (χ0v) is 16.4. The lowest BCUT2D eigenvalue weighted by Gasteiger charge is -2.23. The summed E-state index contributed by atoms with van der Waals surface area (Å²) in [6.45, 7) is 7.41. The lowest BCUT2D eigenvalue weighted by molar-refractivity contribution is 0.0406. The summed E-state index contributed by atoms with van der Waals surface area (Å²) in [6.07, 6.45) is -0.138. The van der Waals surface area contributed by atoms with E-state index in [1.54, 1.807) is 0 Å². The quantitative estimate of drug-likeness (QED) is 0.265. The number of hydrogen-bond donors (Lipinski definition) is 0. The van der Waals surface area contributed by atoms with Crippen molar-refractivity contribution in [3.05, 3.63) is 0 Å². The van der Waals surface area contributed by atoms with Crippen molar-refractivity contribution in [2.45, 2.75) is 44.2 Å². The van der Waals surface area contributed by atoms with Crippen molar-refractivity contribution >= 4 is 20.6 Å². The molecule has 9 nitrogen and oxygen atoms in total. The van der Waals surface area contributed by atoms with Crippen LogP contribution >= 0.6 is 0 Å². The summed E-state index contributed by atoms with van der Waals surface area (Å²) in [5.74, 6) is 0. The van der Waals surface area contributed by atoms with Crippen LogP contribution in [0, 0.1) is 0 Å². The molecule has 150 valence electrons. The van der Waals surface area contributed by atoms with E-state index in [0.29, 0.717) is 33.0 Å². The molecule has 2 fully saturated rings. The molecule has 2 aliphatic rings. The van der Waals surface area contributed by atoms with Crippen LogP contribution < -0.4 is 0 Å². The zero-order valence-electron chi connectivity index (χ0n) is 15.4. The molecule has 2 unspecified atom stereocenters. The van der Waals surface area contributed by atoms with Crippen LogP contribution in [0.2, 0.25) is 19.1 Å². The number of hydrogen-bond acceptors (Lipinski definition) is 9. The number of carbonyl (C=O) groups excluding carboxylic acids is 2. The third-order valence-corrected chi connectivity index (χ3v) is 6.44. The van der Waals surface area contributed by atoms with Gasteiger partial charge in [-0.1, -0.05) is 0 Å². The Kier molecular flexibility index (Phi) is 8.62. The molecule has 0 N–H and O–H groups in total. The fourth-order valence-electron chi connectivity index (χ4n) is 2.51. The normalized spacial score (nSPS) is 22.7. The van der Waals surface area contributed by atoms with Crippen molar-refractivity contribution in [2.24, 2.45) is 0 Å². The standard InChI is InChI=1S/C16H28O9Si/c1-26(2,8-4-6-20-10-14-12-22-16(18)25-14)23-7-3-5-19-9-13-11-21-15(17)24-13/h13-14H,3-12H2,1-2H3. The van der Waals surface area contributed by atoms with Gasteiger partial charge in [0, 0.05) is 19.8 Å². The van der Waals surface area contributed by atoms with Crippen LogP contribution in [-0.2, 0) is 32.8 Å². The fraction of sp³-hybridized carbons (Fsp3) is 0.875. The second kappa shape index (κ2) is 10.7. The minimum atomic E-state index is -1.73. The van der Waals surface area contributed by atoms with Crippen molar-refractivity contribution in [3.8, 4) is 0 Å². The van der Waals surface area contributed by atoms with E-state index in [4.69, 9.17) is 23.4 Å². The molecule has 2 atom stereocenters. The van der Waals surface area contributed by atoms with Gasteiger partial charge < -0.3 is 32.8 Å². The number of carbonyl (C=O) groups is 2. The molecular formula is C16H28O9Si. The Balaban J connectivity index is 1.40. The third-order valence-electron chi connectivity index (χ3n) is 3.90. The molecule has 26 heavy (non-hydrogen) atoms. The topological polar surface area (TPSA) is 98.8 Å². The summed E-state index contributed by atoms with van der Waals surface area (Å²) in [4.78, 5) is 21.5. The minimum absolute atomic E-state index is 0.257. The lowest BCUT2D eigenvalue weighted by Crippen LogP contribution is -2.31. The SMILES string of the molecule is C[Si](C)(CCCOCC1COC(=O)O1)OCCCOCC1COC(=O)O1. The molecule has 0 saturated carbocycles. The van der Waals surface area contributed by atoms with E-state index in [2.05, 4.69) is 22.6 Å². The first kappa shape index (κ1) is 20.9. The molecule has 10 heteroatoms. The molecule has 0 aromatic carbocycles. The third kappa shape index (κ3) is 8.34. The maximum absolute atomic E-state index is 10.8. The molecule has 0 aromatic heterocycles. The maximum Gasteiger partial charge on any atom is 0.508 e. The first-order valence-electron chi connectivity index (χ1n) is 8.91. The van der Waals surface area contributed by atoms with Gasteiger partial charge in [-0.05, 0) is 32.0 Å². The summed E-state index contributed by atoms with van der Waals surface area (Å²) in [7, 11) is -1.73. The second-order valence-corrected chi connectivity index (χ2v) is 11.1. The summed E-state index contributed by atoms with van der Waals surface area (Å²) in [5, 5.41) is 0. The van der Waals surface area contributed by atoms with Gasteiger partial charge >= 0.3 is 12.3 Å². The molecule has 0 radical (unpaired) electrons. The van der Waals surface area contributed by atoms with Gasteiger partial charge in [-0.25, -0.2) is 9.59 Å². The van der Waals surface area contributed by atoms with E-state index >= 15 is 0 Å². The van der Waals surface area contributed by atoms with Crippen molar-refractivity contribution in [2.75, 3.05) is 46.2 Å². The highest BCUT2D eigenvalue weighted by Gasteiger charge is 2.26. The molecule has 0 spiro atoms. The largest absolute Gasteiger partial charge is 0.508 e. The summed E-state index contributed by atoms with van der Waals surface area (Å²) < 4.78 is 36.1. The highest BCUT2D eigenvalue weighted by atomic mass is 28.4. The first-order valence-corrected chi connectivity index (χ1v) is 12.0. The van der Waals surface area contributed by atoms with E-state index < -0.39 is 20.6 Å². The predicted molar refractivity (Wildman–Crippen MR) is 91.6 cm³/mol. The Labute approximate surface area is 154 Å². The molecule has 2 rings (SSSR count). The Hall–Kier alpha value is -1.36. The molecule has 2 aliphatic heterocycles. The first-order chi connectivity index (χ1) is 12.4. The van der Waals surface area contributed by atoms with Crippen molar-refractivity contribution in [1.82, 2.24) is 0 Å². The fourth-order valence-corrected chi connectivity index (χ4v) is 4.34. The van der Waals surface area contributed by atoms with Gasteiger partial charge in [0.15, 0.2) is 20.5 Å². The highest BCUT2D eigenvalue weighted by Crippen LogP contribution is 2.15. The highest BCUT2D eigenvalue weighted by molar-refractivity contribution is 6.71. The van der Waals surface area contributed by atoms with Gasteiger partial charge in [0.2, 0.25) is 0 Å². The predicted octanol–water partition coefficient (Wildman–Crippen LogP) is 2.09. The molecule has 2 heterocycles. The van der Waals surface area contributed by atoms with E-state index in [9.17, 15) is 9.59 Å². The Morgan fingerprint density at radius 3 is 1.92 bits per heavy atom. The Bertz CT molecular complexity index is 457. The molecule has 2 saturated heterocycles. The van der Waals surface area contributed by atoms with Gasteiger partial charge in [-0.15, -0.1) is 0 Å². The van der Waals surface area contributed by atoms with Gasteiger partial charge in [0.1, 0.15) is 13.2 Å². The minimum Gasteiger partial charge on any atom is -0.430 e. The van der Waals surface area contributed by atoms with Gasteiger partial charge in [-0.3, -0.25) is 0 Å². The zero-order chi connectivity index (χ0) is 18.8. The lowest BCUT2D eigenvalue weighted by atomic mass is 10.4. The van der Waals surface area contributed by atoms with Crippen LogP contribution in [0.5, 0.6) is 0 Å². The summed E-state index contributed by atoms with van der Waals surface area (Å²) in [5.41, 5.74) is 0. The van der Waals surface area contributed by atoms with E-state index in [1.165, 1.54) is 0 Å². The second-order valence-electron chi connectivity index (χ2n) is 6.82. The summed E-state index contributed by atoms with van der Waals surface area (Å²) >= 11 is 0. The molecular weight excluding hydrogens is 364 g/mol. The average Bonchev–Trinajstić information content (AvgIpc) is 3.18. The number of rotatable bonds is 13.